The fourth-order valence-corrected chi connectivity index (χ4v) is 2.31. The van der Waals surface area contributed by atoms with Crippen LogP contribution in [-0.4, -0.2) is 44.2 Å². The smallest absolute Gasteiger partial charge is 0.259 e. The van der Waals surface area contributed by atoms with Crippen molar-refractivity contribution in [3.8, 4) is 5.75 Å². The zero-order valence-corrected chi connectivity index (χ0v) is 11.4. The Kier molecular flexibility index (Phi) is 4.27. The van der Waals surface area contributed by atoms with Crippen molar-refractivity contribution in [2.24, 2.45) is 0 Å². The van der Waals surface area contributed by atoms with Gasteiger partial charge in [0.25, 0.3) is 5.91 Å². The molecule has 0 aliphatic carbocycles. The van der Waals surface area contributed by atoms with Gasteiger partial charge >= 0.3 is 0 Å². The lowest BCUT2D eigenvalue weighted by Crippen LogP contribution is -2.34. The highest BCUT2D eigenvalue weighted by Crippen LogP contribution is 2.26. The molecule has 1 atom stereocenters. The summed E-state index contributed by atoms with van der Waals surface area (Å²) in [5.74, 6) is 0.370. The molecule has 1 aliphatic rings. The molecular weight excluding hydrogens is 244 g/mol. The van der Waals surface area contributed by atoms with E-state index in [0.29, 0.717) is 23.5 Å². The fraction of sp³-hybridized carbons (Fsp3) is 0.500. The van der Waals surface area contributed by atoms with Gasteiger partial charge in [0.15, 0.2) is 0 Å². The Balaban J connectivity index is 2.14. The Bertz CT molecular complexity index is 456. The second kappa shape index (κ2) is 5.93. The van der Waals surface area contributed by atoms with E-state index < -0.39 is 0 Å². The number of carbonyl (C=O) groups excluding carboxylic acids is 1. The zero-order chi connectivity index (χ0) is 13.8. The summed E-state index contributed by atoms with van der Waals surface area (Å²) in [5, 5.41) is 0. The van der Waals surface area contributed by atoms with Crippen molar-refractivity contribution >= 4 is 11.6 Å². The van der Waals surface area contributed by atoms with Crippen LogP contribution in [0.25, 0.3) is 0 Å². The number of hydrogen-bond acceptors (Lipinski definition) is 4. The van der Waals surface area contributed by atoms with Crippen LogP contribution in [0, 0.1) is 0 Å². The Morgan fingerprint density at radius 1 is 1.58 bits per heavy atom. The molecule has 0 saturated carbocycles. The van der Waals surface area contributed by atoms with E-state index in [1.165, 1.54) is 7.11 Å². The number of nitrogens with two attached hydrogens (primary N) is 1. The fourth-order valence-electron chi connectivity index (χ4n) is 2.31. The van der Waals surface area contributed by atoms with Crippen LogP contribution in [0.5, 0.6) is 5.75 Å². The first-order valence-electron chi connectivity index (χ1n) is 6.43. The predicted molar refractivity (Wildman–Crippen MR) is 73.3 cm³/mol. The van der Waals surface area contributed by atoms with Gasteiger partial charge in [-0.3, -0.25) is 4.79 Å². The van der Waals surface area contributed by atoms with Crippen molar-refractivity contribution in [2.45, 2.75) is 18.9 Å². The molecule has 1 unspecified atom stereocenters. The topological polar surface area (TPSA) is 64.8 Å². The highest BCUT2D eigenvalue weighted by atomic mass is 16.5. The number of benzene rings is 1. The van der Waals surface area contributed by atoms with Crippen LogP contribution in [-0.2, 0) is 4.74 Å². The number of ether oxygens (including phenoxy) is 2. The number of hydrogen-bond donors (Lipinski definition) is 1. The summed E-state index contributed by atoms with van der Waals surface area (Å²) in [6.45, 7) is 1.36. The summed E-state index contributed by atoms with van der Waals surface area (Å²) < 4.78 is 10.7. The normalized spacial score (nSPS) is 18.3. The third-order valence-corrected chi connectivity index (χ3v) is 3.34. The third-order valence-electron chi connectivity index (χ3n) is 3.34. The van der Waals surface area contributed by atoms with E-state index in [1.807, 2.05) is 0 Å². The van der Waals surface area contributed by atoms with Crippen LogP contribution in [0.2, 0.25) is 0 Å². The molecule has 1 fully saturated rings. The third kappa shape index (κ3) is 2.98. The molecule has 0 spiro atoms. The molecule has 1 heterocycles. The Labute approximate surface area is 113 Å². The lowest BCUT2D eigenvalue weighted by molar-refractivity contribution is 0.0585. The molecule has 1 amide bonds. The second-order valence-corrected chi connectivity index (χ2v) is 4.75. The van der Waals surface area contributed by atoms with Crippen LogP contribution in [0.4, 0.5) is 5.69 Å². The zero-order valence-electron chi connectivity index (χ0n) is 11.4. The highest BCUT2D eigenvalue weighted by Gasteiger charge is 2.24. The maximum atomic E-state index is 12.4. The first-order chi connectivity index (χ1) is 9.13. The van der Waals surface area contributed by atoms with Gasteiger partial charge < -0.3 is 20.1 Å². The predicted octanol–water partition coefficient (Wildman–Crippen LogP) is 1.53. The number of rotatable bonds is 4. The van der Waals surface area contributed by atoms with Crippen LogP contribution < -0.4 is 10.5 Å². The van der Waals surface area contributed by atoms with Crippen LogP contribution in [0.3, 0.4) is 0 Å². The van der Waals surface area contributed by atoms with Gasteiger partial charge in [-0.05, 0) is 25.0 Å². The van der Waals surface area contributed by atoms with E-state index in [1.54, 1.807) is 30.1 Å². The van der Waals surface area contributed by atoms with Gasteiger partial charge in [-0.25, -0.2) is 0 Å². The van der Waals surface area contributed by atoms with E-state index >= 15 is 0 Å². The van der Waals surface area contributed by atoms with Crippen molar-refractivity contribution in [2.75, 3.05) is 33.0 Å². The van der Waals surface area contributed by atoms with Gasteiger partial charge in [0.1, 0.15) is 11.3 Å². The number of anilines is 1. The maximum absolute atomic E-state index is 12.4. The van der Waals surface area contributed by atoms with Crippen molar-refractivity contribution in [3.05, 3.63) is 23.8 Å². The molecule has 0 radical (unpaired) electrons. The van der Waals surface area contributed by atoms with Gasteiger partial charge in [-0.1, -0.05) is 6.07 Å². The molecule has 19 heavy (non-hydrogen) atoms. The number of amides is 1. The average molecular weight is 264 g/mol. The van der Waals surface area contributed by atoms with E-state index in [-0.39, 0.29) is 12.0 Å². The molecule has 0 bridgehead atoms. The molecule has 2 N–H and O–H groups in total. The van der Waals surface area contributed by atoms with Crippen molar-refractivity contribution in [3.63, 3.8) is 0 Å². The molecule has 1 aromatic carbocycles. The monoisotopic (exact) mass is 264 g/mol. The van der Waals surface area contributed by atoms with Gasteiger partial charge in [0, 0.05) is 25.9 Å². The van der Waals surface area contributed by atoms with Crippen molar-refractivity contribution < 1.29 is 14.3 Å². The van der Waals surface area contributed by atoms with Crippen LogP contribution in [0.1, 0.15) is 23.2 Å². The van der Waals surface area contributed by atoms with Gasteiger partial charge in [0.2, 0.25) is 0 Å². The summed E-state index contributed by atoms with van der Waals surface area (Å²) in [4.78, 5) is 14.1. The summed E-state index contributed by atoms with van der Waals surface area (Å²) >= 11 is 0. The number of nitrogens with zero attached hydrogens (tertiary/aromatic N) is 1. The number of methoxy groups -OCH3 is 1. The molecule has 1 aromatic rings. The van der Waals surface area contributed by atoms with Crippen LogP contribution in [0.15, 0.2) is 18.2 Å². The molecule has 5 nitrogen and oxygen atoms in total. The second-order valence-electron chi connectivity index (χ2n) is 4.75. The number of carbonyl (C=O) groups is 1. The molecule has 2 rings (SSSR count). The molecule has 1 aliphatic heterocycles. The summed E-state index contributed by atoms with van der Waals surface area (Å²) in [7, 11) is 3.29. The number of likely N-dealkylation sites (N-methyl/N-ethyl adjacent to an activating group) is 1. The van der Waals surface area contributed by atoms with E-state index in [4.69, 9.17) is 15.2 Å². The average Bonchev–Trinajstić information content (AvgIpc) is 2.90. The first kappa shape index (κ1) is 13.7. The highest BCUT2D eigenvalue weighted by molar-refractivity contribution is 6.01. The van der Waals surface area contributed by atoms with E-state index in [2.05, 4.69) is 0 Å². The van der Waals surface area contributed by atoms with Gasteiger partial charge in [-0.2, -0.15) is 0 Å². The van der Waals surface area contributed by atoms with Crippen LogP contribution >= 0.6 is 0 Å². The van der Waals surface area contributed by atoms with E-state index in [9.17, 15) is 4.79 Å². The van der Waals surface area contributed by atoms with Crippen molar-refractivity contribution in [1.29, 1.82) is 0 Å². The minimum Gasteiger partial charge on any atom is -0.496 e. The van der Waals surface area contributed by atoms with Gasteiger partial charge in [-0.15, -0.1) is 0 Å². The van der Waals surface area contributed by atoms with Gasteiger partial charge in [0.05, 0.1) is 13.2 Å². The summed E-state index contributed by atoms with van der Waals surface area (Å²) in [5.41, 5.74) is 6.74. The summed E-state index contributed by atoms with van der Waals surface area (Å²) in [6.07, 6.45) is 2.19. The molecule has 0 aromatic heterocycles. The number of nitrogen functional groups attached to an aromatic ring is 1. The Morgan fingerprint density at radius 3 is 3.00 bits per heavy atom. The molecule has 1 saturated heterocycles. The SMILES string of the molecule is COc1cccc(N)c1C(=O)N(C)CC1CCCO1. The molecular formula is C14H20N2O3. The first-order valence-corrected chi connectivity index (χ1v) is 6.43. The summed E-state index contributed by atoms with van der Waals surface area (Å²) in [6, 6.07) is 5.21. The lowest BCUT2D eigenvalue weighted by atomic mass is 10.1. The quantitative estimate of drug-likeness (QED) is 0.838. The molecule has 104 valence electrons. The molecule has 5 heteroatoms. The standard InChI is InChI=1S/C14H20N2O3/c1-16(9-10-5-4-8-19-10)14(17)13-11(15)6-3-7-12(13)18-2/h3,6-7,10H,4-5,8-9,15H2,1-2H3. The lowest BCUT2D eigenvalue weighted by Gasteiger charge is -2.22. The Hall–Kier alpha value is -1.75. The minimum absolute atomic E-state index is 0.130. The van der Waals surface area contributed by atoms with Crippen molar-refractivity contribution in [1.82, 2.24) is 4.90 Å². The Morgan fingerprint density at radius 2 is 2.37 bits per heavy atom. The van der Waals surface area contributed by atoms with E-state index in [0.717, 1.165) is 19.4 Å². The largest absolute Gasteiger partial charge is 0.496 e. The minimum atomic E-state index is -0.134. The maximum Gasteiger partial charge on any atom is 0.259 e.